The van der Waals surface area contributed by atoms with Crippen molar-refractivity contribution in [2.24, 2.45) is 5.92 Å². The second-order valence-corrected chi connectivity index (χ2v) is 5.13. The normalized spacial score (nSPS) is 14.2. The van der Waals surface area contributed by atoms with Gasteiger partial charge in [0.05, 0.1) is 19.2 Å². The van der Waals surface area contributed by atoms with Gasteiger partial charge in [0.2, 0.25) is 5.91 Å². The smallest absolute Gasteiger partial charge is 0.234 e. The molecule has 1 aromatic rings. The minimum atomic E-state index is -0.207. The van der Waals surface area contributed by atoms with E-state index in [4.69, 9.17) is 0 Å². The largest absolute Gasteiger partial charge is 0.394 e. The molecule has 0 aliphatic rings. The number of nitrogens with one attached hydrogen (secondary N) is 2. The lowest BCUT2D eigenvalue weighted by Crippen LogP contribution is -2.42. The minimum absolute atomic E-state index is 0.0307. The van der Waals surface area contributed by atoms with E-state index >= 15 is 0 Å². The summed E-state index contributed by atoms with van der Waals surface area (Å²) in [4.78, 5) is 11.8. The first-order valence-corrected chi connectivity index (χ1v) is 6.73. The van der Waals surface area contributed by atoms with Gasteiger partial charge in [0, 0.05) is 6.04 Å². The van der Waals surface area contributed by atoms with Gasteiger partial charge in [0.25, 0.3) is 0 Å². The average molecular weight is 264 g/mol. The van der Waals surface area contributed by atoms with E-state index in [9.17, 15) is 9.90 Å². The zero-order chi connectivity index (χ0) is 14.3. The number of hydrogen-bond donors (Lipinski definition) is 3. The Morgan fingerprint density at radius 2 is 1.84 bits per heavy atom. The fraction of sp³-hybridized carbons (Fsp3) is 0.533. The van der Waals surface area contributed by atoms with Crippen molar-refractivity contribution in [1.29, 1.82) is 0 Å². The number of carbonyl (C=O) groups is 1. The molecule has 1 rings (SSSR count). The van der Waals surface area contributed by atoms with Crippen LogP contribution in [0.5, 0.6) is 0 Å². The molecule has 0 aromatic heterocycles. The molecule has 106 valence electrons. The standard InChI is InChI=1S/C15H24N2O2/c1-11(2)12(3)17-15(19)9-16-14(10-18)13-7-5-4-6-8-13/h4-8,11-12,14,16,18H,9-10H2,1-3H3,(H,17,19). The summed E-state index contributed by atoms with van der Waals surface area (Å²) in [5, 5.41) is 15.4. The first-order valence-electron chi connectivity index (χ1n) is 6.73. The molecule has 2 unspecified atom stereocenters. The van der Waals surface area contributed by atoms with E-state index in [0.29, 0.717) is 5.92 Å². The zero-order valence-electron chi connectivity index (χ0n) is 11.9. The van der Waals surface area contributed by atoms with Crippen LogP contribution in [0, 0.1) is 5.92 Å². The monoisotopic (exact) mass is 264 g/mol. The predicted molar refractivity (Wildman–Crippen MR) is 76.7 cm³/mol. The Kier molecular flexibility index (Phi) is 6.53. The molecule has 0 bridgehead atoms. The van der Waals surface area contributed by atoms with Crippen LogP contribution in [0.15, 0.2) is 30.3 Å². The first-order chi connectivity index (χ1) is 9.04. The highest BCUT2D eigenvalue weighted by atomic mass is 16.3. The lowest BCUT2D eigenvalue weighted by Gasteiger charge is -2.20. The molecule has 4 nitrogen and oxygen atoms in total. The van der Waals surface area contributed by atoms with Gasteiger partial charge in [-0.25, -0.2) is 0 Å². The van der Waals surface area contributed by atoms with E-state index in [2.05, 4.69) is 24.5 Å². The van der Waals surface area contributed by atoms with E-state index < -0.39 is 0 Å². The van der Waals surface area contributed by atoms with Gasteiger partial charge in [-0.2, -0.15) is 0 Å². The van der Waals surface area contributed by atoms with Gasteiger partial charge in [-0.3, -0.25) is 10.1 Å². The fourth-order valence-corrected chi connectivity index (χ4v) is 1.66. The van der Waals surface area contributed by atoms with Crippen LogP contribution in [0.25, 0.3) is 0 Å². The maximum Gasteiger partial charge on any atom is 0.234 e. The third kappa shape index (κ3) is 5.41. The van der Waals surface area contributed by atoms with Gasteiger partial charge in [-0.1, -0.05) is 44.2 Å². The van der Waals surface area contributed by atoms with Crippen LogP contribution in [0.2, 0.25) is 0 Å². The number of carbonyl (C=O) groups excluding carboxylic acids is 1. The van der Waals surface area contributed by atoms with E-state index in [0.717, 1.165) is 5.56 Å². The molecule has 0 aliphatic carbocycles. The molecule has 0 saturated heterocycles. The van der Waals surface area contributed by atoms with Crippen molar-refractivity contribution in [2.45, 2.75) is 32.9 Å². The highest BCUT2D eigenvalue weighted by Crippen LogP contribution is 2.10. The molecule has 0 fully saturated rings. The Morgan fingerprint density at radius 3 is 2.37 bits per heavy atom. The summed E-state index contributed by atoms with van der Waals surface area (Å²) in [6.45, 7) is 6.30. The Labute approximate surface area is 115 Å². The van der Waals surface area contributed by atoms with E-state index in [1.807, 2.05) is 37.3 Å². The summed E-state index contributed by atoms with van der Waals surface area (Å²) in [6.07, 6.45) is 0. The Balaban J connectivity index is 2.44. The topological polar surface area (TPSA) is 61.4 Å². The van der Waals surface area contributed by atoms with Gasteiger partial charge in [-0.05, 0) is 18.4 Å². The predicted octanol–water partition coefficient (Wildman–Crippen LogP) is 1.47. The van der Waals surface area contributed by atoms with Crippen molar-refractivity contribution in [3.8, 4) is 0 Å². The molecule has 19 heavy (non-hydrogen) atoms. The molecule has 0 aliphatic heterocycles. The second kappa shape index (κ2) is 7.92. The van der Waals surface area contributed by atoms with Gasteiger partial charge in [0.15, 0.2) is 0 Å². The van der Waals surface area contributed by atoms with Crippen molar-refractivity contribution < 1.29 is 9.90 Å². The molecule has 1 aromatic carbocycles. The van der Waals surface area contributed by atoms with Gasteiger partial charge >= 0.3 is 0 Å². The highest BCUT2D eigenvalue weighted by Gasteiger charge is 2.13. The first kappa shape index (κ1) is 15.7. The molecule has 3 N–H and O–H groups in total. The zero-order valence-corrected chi connectivity index (χ0v) is 11.9. The van der Waals surface area contributed by atoms with Crippen LogP contribution in [-0.2, 0) is 4.79 Å². The quantitative estimate of drug-likeness (QED) is 0.699. The van der Waals surface area contributed by atoms with Crippen LogP contribution in [-0.4, -0.2) is 30.2 Å². The Hall–Kier alpha value is -1.39. The highest BCUT2D eigenvalue weighted by molar-refractivity contribution is 5.78. The molecule has 0 radical (unpaired) electrons. The summed E-state index contributed by atoms with van der Waals surface area (Å²) < 4.78 is 0. The maximum atomic E-state index is 11.8. The average Bonchev–Trinajstić information content (AvgIpc) is 2.40. The Bertz CT molecular complexity index is 379. The summed E-state index contributed by atoms with van der Waals surface area (Å²) in [7, 11) is 0. The minimum Gasteiger partial charge on any atom is -0.394 e. The molecular weight excluding hydrogens is 240 g/mol. The van der Waals surface area contributed by atoms with Crippen LogP contribution in [0.1, 0.15) is 32.4 Å². The van der Waals surface area contributed by atoms with Crippen LogP contribution < -0.4 is 10.6 Å². The maximum absolute atomic E-state index is 11.8. The Morgan fingerprint density at radius 1 is 1.21 bits per heavy atom. The molecule has 1 amide bonds. The molecule has 0 spiro atoms. The molecule has 4 heteroatoms. The van der Waals surface area contributed by atoms with E-state index in [1.54, 1.807) is 0 Å². The van der Waals surface area contributed by atoms with Crippen molar-refractivity contribution in [1.82, 2.24) is 10.6 Å². The fourth-order valence-electron chi connectivity index (χ4n) is 1.66. The third-order valence-corrected chi connectivity index (χ3v) is 3.28. The van der Waals surface area contributed by atoms with Gasteiger partial charge in [-0.15, -0.1) is 0 Å². The van der Waals surface area contributed by atoms with Crippen molar-refractivity contribution in [3.05, 3.63) is 35.9 Å². The third-order valence-electron chi connectivity index (χ3n) is 3.28. The molecule has 0 saturated carbocycles. The SMILES string of the molecule is CC(C)C(C)NC(=O)CNC(CO)c1ccccc1. The van der Waals surface area contributed by atoms with Gasteiger partial charge < -0.3 is 10.4 Å². The van der Waals surface area contributed by atoms with Gasteiger partial charge in [0.1, 0.15) is 0 Å². The van der Waals surface area contributed by atoms with Crippen molar-refractivity contribution >= 4 is 5.91 Å². The molecule has 2 atom stereocenters. The van der Waals surface area contributed by atoms with E-state index in [1.165, 1.54) is 0 Å². The summed E-state index contributed by atoms with van der Waals surface area (Å²) in [5.74, 6) is 0.363. The summed E-state index contributed by atoms with van der Waals surface area (Å²) in [6, 6.07) is 9.57. The number of amides is 1. The summed E-state index contributed by atoms with van der Waals surface area (Å²) >= 11 is 0. The molecule has 0 heterocycles. The van der Waals surface area contributed by atoms with Crippen LogP contribution in [0.3, 0.4) is 0 Å². The lowest BCUT2D eigenvalue weighted by molar-refractivity contribution is -0.121. The summed E-state index contributed by atoms with van der Waals surface area (Å²) in [5.41, 5.74) is 0.981. The van der Waals surface area contributed by atoms with Crippen molar-refractivity contribution in [2.75, 3.05) is 13.2 Å². The molecular formula is C15H24N2O2. The number of aliphatic hydroxyl groups is 1. The lowest BCUT2D eigenvalue weighted by atomic mass is 10.1. The van der Waals surface area contributed by atoms with Crippen LogP contribution >= 0.6 is 0 Å². The van der Waals surface area contributed by atoms with Crippen LogP contribution in [0.4, 0.5) is 0 Å². The number of hydrogen-bond acceptors (Lipinski definition) is 3. The number of rotatable bonds is 7. The number of aliphatic hydroxyl groups excluding tert-OH is 1. The van der Waals surface area contributed by atoms with E-state index in [-0.39, 0.29) is 31.1 Å². The number of benzene rings is 1. The second-order valence-electron chi connectivity index (χ2n) is 5.13. The van der Waals surface area contributed by atoms with Crippen molar-refractivity contribution in [3.63, 3.8) is 0 Å².